The Morgan fingerprint density at radius 1 is 1.24 bits per heavy atom. The molecular formula is C20H30N4O. The van der Waals surface area contributed by atoms with Gasteiger partial charge in [-0.3, -0.25) is 4.79 Å². The van der Waals surface area contributed by atoms with Crippen LogP contribution in [0.5, 0.6) is 0 Å². The molecule has 0 radical (unpaired) electrons. The largest absolute Gasteiger partial charge is 0.357 e. The second-order valence-electron chi connectivity index (χ2n) is 7.18. The lowest BCUT2D eigenvalue weighted by atomic mass is 10.0. The Kier molecular flexibility index (Phi) is 5.95. The highest BCUT2D eigenvalue weighted by atomic mass is 16.2. The second kappa shape index (κ2) is 8.37. The summed E-state index contributed by atoms with van der Waals surface area (Å²) in [5.74, 6) is 1.99. The van der Waals surface area contributed by atoms with E-state index in [-0.39, 0.29) is 5.91 Å². The third kappa shape index (κ3) is 4.53. The Balaban J connectivity index is 1.65. The van der Waals surface area contributed by atoms with Crippen molar-refractivity contribution in [2.45, 2.75) is 46.1 Å². The average Bonchev–Trinajstić information content (AvgIpc) is 3.05. The maximum atomic E-state index is 11.8. The first-order chi connectivity index (χ1) is 12.2. The van der Waals surface area contributed by atoms with Gasteiger partial charge < -0.3 is 15.1 Å². The SMILES string of the molecule is CCNC(=NCc1ccc(N2CCCC2=O)cc1)N1CCCC(C)C1. The van der Waals surface area contributed by atoms with E-state index < -0.39 is 0 Å². The van der Waals surface area contributed by atoms with Crippen LogP contribution in [0.1, 0.15) is 45.1 Å². The van der Waals surface area contributed by atoms with Gasteiger partial charge in [0.1, 0.15) is 0 Å². The van der Waals surface area contributed by atoms with Gasteiger partial charge in [0.05, 0.1) is 6.54 Å². The van der Waals surface area contributed by atoms with Gasteiger partial charge in [0.2, 0.25) is 5.91 Å². The number of aliphatic imine (C=N–C) groups is 1. The maximum absolute atomic E-state index is 11.8. The number of hydrogen-bond donors (Lipinski definition) is 1. The van der Waals surface area contributed by atoms with Crippen LogP contribution in [-0.2, 0) is 11.3 Å². The highest BCUT2D eigenvalue weighted by molar-refractivity contribution is 5.95. The molecule has 0 spiro atoms. The zero-order valence-corrected chi connectivity index (χ0v) is 15.5. The lowest BCUT2D eigenvalue weighted by molar-refractivity contribution is -0.117. The second-order valence-corrected chi connectivity index (χ2v) is 7.18. The molecule has 2 aliphatic rings. The number of piperidine rings is 1. The summed E-state index contributed by atoms with van der Waals surface area (Å²) >= 11 is 0. The standard InChI is InChI=1S/C20H30N4O/c1-3-21-20(23-12-4-6-16(2)15-23)22-14-17-8-10-18(11-9-17)24-13-5-7-19(24)25/h8-11,16H,3-7,12-15H2,1-2H3,(H,21,22). The van der Waals surface area contributed by atoms with Crippen LogP contribution in [0.25, 0.3) is 0 Å². The van der Waals surface area contributed by atoms with Crippen molar-refractivity contribution >= 4 is 17.6 Å². The predicted molar refractivity (Wildman–Crippen MR) is 103 cm³/mol. The summed E-state index contributed by atoms with van der Waals surface area (Å²) in [5.41, 5.74) is 2.18. The summed E-state index contributed by atoms with van der Waals surface area (Å²) in [6.45, 7) is 9.00. The molecule has 3 rings (SSSR count). The number of guanidine groups is 1. The van der Waals surface area contributed by atoms with Crippen molar-refractivity contribution in [1.29, 1.82) is 0 Å². The van der Waals surface area contributed by atoms with Crippen molar-refractivity contribution in [3.63, 3.8) is 0 Å². The number of nitrogens with zero attached hydrogens (tertiary/aromatic N) is 3. The molecule has 0 saturated carbocycles. The number of carbonyl (C=O) groups excluding carboxylic acids is 1. The Hall–Kier alpha value is -2.04. The lowest BCUT2D eigenvalue weighted by Crippen LogP contribution is -2.46. The molecule has 1 aromatic rings. The predicted octanol–water partition coefficient (Wildman–Crippen LogP) is 3.01. The molecule has 2 aliphatic heterocycles. The van der Waals surface area contributed by atoms with Gasteiger partial charge in [0, 0.05) is 38.3 Å². The minimum atomic E-state index is 0.236. The quantitative estimate of drug-likeness (QED) is 0.676. The van der Waals surface area contributed by atoms with Crippen molar-refractivity contribution in [2.75, 3.05) is 31.1 Å². The molecule has 1 N–H and O–H groups in total. The Morgan fingerprint density at radius 2 is 2.04 bits per heavy atom. The minimum absolute atomic E-state index is 0.236. The molecule has 1 aromatic carbocycles. The molecule has 2 fully saturated rings. The van der Waals surface area contributed by atoms with Crippen LogP contribution in [0.15, 0.2) is 29.3 Å². The fourth-order valence-corrected chi connectivity index (χ4v) is 3.68. The molecule has 1 unspecified atom stereocenters. The highest BCUT2D eigenvalue weighted by Gasteiger charge is 2.21. The van der Waals surface area contributed by atoms with Gasteiger partial charge in [-0.05, 0) is 49.8 Å². The van der Waals surface area contributed by atoms with E-state index in [4.69, 9.17) is 4.99 Å². The summed E-state index contributed by atoms with van der Waals surface area (Å²) in [6, 6.07) is 8.27. The fraction of sp³-hybridized carbons (Fsp3) is 0.600. The number of amides is 1. The van der Waals surface area contributed by atoms with Gasteiger partial charge in [0.15, 0.2) is 5.96 Å². The molecular weight excluding hydrogens is 312 g/mol. The third-order valence-corrected chi connectivity index (χ3v) is 5.02. The number of carbonyl (C=O) groups is 1. The van der Waals surface area contributed by atoms with Crippen molar-refractivity contribution in [3.8, 4) is 0 Å². The molecule has 136 valence electrons. The van der Waals surface area contributed by atoms with Gasteiger partial charge in [0.25, 0.3) is 0 Å². The highest BCUT2D eigenvalue weighted by Crippen LogP contribution is 2.22. The Bertz CT molecular complexity index is 611. The van der Waals surface area contributed by atoms with Gasteiger partial charge in [-0.2, -0.15) is 0 Å². The summed E-state index contributed by atoms with van der Waals surface area (Å²) in [6.07, 6.45) is 4.19. The van der Waals surface area contributed by atoms with E-state index in [1.165, 1.54) is 18.4 Å². The molecule has 1 amide bonds. The van der Waals surface area contributed by atoms with Crippen LogP contribution in [0.4, 0.5) is 5.69 Å². The first-order valence-electron chi connectivity index (χ1n) is 9.60. The molecule has 2 heterocycles. The number of benzene rings is 1. The van der Waals surface area contributed by atoms with E-state index >= 15 is 0 Å². The summed E-state index contributed by atoms with van der Waals surface area (Å²) in [4.78, 5) is 20.9. The maximum Gasteiger partial charge on any atom is 0.227 e. The topological polar surface area (TPSA) is 47.9 Å². The van der Waals surface area contributed by atoms with E-state index in [1.54, 1.807) is 0 Å². The van der Waals surface area contributed by atoms with E-state index in [0.29, 0.717) is 13.0 Å². The van der Waals surface area contributed by atoms with Crippen LogP contribution >= 0.6 is 0 Å². The number of likely N-dealkylation sites (tertiary alicyclic amines) is 1. The molecule has 0 bridgehead atoms. The van der Waals surface area contributed by atoms with Gasteiger partial charge >= 0.3 is 0 Å². The molecule has 0 aromatic heterocycles. The van der Waals surface area contributed by atoms with Crippen LogP contribution in [0.3, 0.4) is 0 Å². The Morgan fingerprint density at radius 3 is 2.68 bits per heavy atom. The van der Waals surface area contributed by atoms with Crippen molar-refractivity contribution < 1.29 is 4.79 Å². The zero-order chi connectivity index (χ0) is 17.6. The molecule has 1 atom stereocenters. The Labute approximate surface area is 151 Å². The van der Waals surface area contributed by atoms with Gasteiger partial charge in [-0.25, -0.2) is 4.99 Å². The van der Waals surface area contributed by atoms with Gasteiger partial charge in [-0.1, -0.05) is 19.1 Å². The first kappa shape index (κ1) is 17.8. The monoisotopic (exact) mass is 342 g/mol. The summed E-state index contributed by atoms with van der Waals surface area (Å²) in [5, 5.41) is 3.43. The van der Waals surface area contributed by atoms with Crippen LogP contribution in [-0.4, -0.2) is 42.9 Å². The van der Waals surface area contributed by atoms with Crippen molar-refractivity contribution in [1.82, 2.24) is 10.2 Å². The normalized spacial score (nSPS) is 21.8. The fourth-order valence-electron chi connectivity index (χ4n) is 3.68. The smallest absolute Gasteiger partial charge is 0.227 e. The molecule has 5 heteroatoms. The lowest BCUT2D eigenvalue weighted by Gasteiger charge is -2.33. The van der Waals surface area contributed by atoms with Crippen LogP contribution in [0.2, 0.25) is 0 Å². The van der Waals surface area contributed by atoms with E-state index in [9.17, 15) is 4.79 Å². The number of anilines is 1. The van der Waals surface area contributed by atoms with Crippen molar-refractivity contribution in [3.05, 3.63) is 29.8 Å². The van der Waals surface area contributed by atoms with Gasteiger partial charge in [-0.15, -0.1) is 0 Å². The van der Waals surface area contributed by atoms with E-state index in [2.05, 4.69) is 36.2 Å². The number of hydrogen-bond acceptors (Lipinski definition) is 2. The summed E-state index contributed by atoms with van der Waals surface area (Å²) < 4.78 is 0. The number of nitrogens with one attached hydrogen (secondary N) is 1. The molecule has 2 saturated heterocycles. The minimum Gasteiger partial charge on any atom is -0.357 e. The molecule has 0 aliphatic carbocycles. The van der Waals surface area contributed by atoms with Crippen LogP contribution < -0.4 is 10.2 Å². The molecule has 5 nitrogen and oxygen atoms in total. The van der Waals surface area contributed by atoms with Crippen LogP contribution in [0, 0.1) is 5.92 Å². The van der Waals surface area contributed by atoms with E-state index in [0.717, 1.165) is 50.2 Å². The summed E-state index contributed by atoms with van der Waals surface area (Å²) in [7, 11) is 0. The third-order valence-electron chi connectivity index (χ3n) is 5.02. The van der Waals surface area contributed by atoms with E-state index in [1.807, 2.05) is 17.0 Å². The zero-order valence-electron chi connectivity index (χ0n) is 15.5. The number of rotatable bonds is 4. The first-order valence-corrected chi connectivity index (χ1v) is 9.60. The molecule has 25 heavy (non-hydrogen) atoms. The average molecular weight is 342 g/mol. The van der Waals surface area contributed by atoms with Crippen molar-refractivity contribution in [2.24, 2.45) is 10.9 Å².